The van der Waals surface area contributed by atoms with Crippen molar-refractivity contribution in [2.24, 2.45) is 0 Å². The number of urea groups is 1. The maximum atomic E-state index is 12.3. The van der Waals surface area contributed by atoms with Crippen LogP contribution in [0.4, 0.5) is 4.79 Å². The predicted octanol–water partition coefficient (Wildman–Crippen LogP) is 3.92. The number of nitrogens with one attached hydrogen (secondary N) is 2. The lowest BCUT2D eigenvalue weighted by Gasteiger charge is -2.19. The summed E-state index contributed by atoms with van der Waals surface area (Å²) in [4.78, 5) is 16.6. The molecule has 0 saturated heterocycles. The number of benzene rings is 1. The number of amides is 2. The van der Waals surface area contributed by atoms with Crippen LogP contribution in [0.3, 0.4) is 0 Å². The van der Waals surface area contributed by atoms with Crippen LogP contribution in [0.25, 0.3) is 0 Å². The molecule has 5 nitrogen and oxygen atoms in total. The number of pyridine rings is 1. The Kier molecular flexibility index (Phi) is 5.13. The van der Waals surface area contributed by atoms with Crippen LogP contribution in [0, 0.1) is 0 Å². The molecule has 0 bridgehead atoms. The first kappa shape index (κ1) is 16.1. The fourth-order valence-corrected chi connectivity index (χ4v) is 2.52. The van der Waals surface area contributed by atoms with Crippen molar-refractivity contribution < 1.29 is 9.21 Å². The summed E-state index contributed by atoms with van der Waals surface area (Å²) in [6.07, 6.45) is 3.26. The van der Waals surface area contributed by atoms with Crippen LogP contribution in [-0.2, 0) is 6.54 Å². The van der Waals surface area contributed by atoms with Gasteiger partial charge < -0.3 is 15.1 Å². The molecule has 0 aliphatic heterocycles. The van der Waals surface area contributed by atoms with Crippen molar-refractivity contribution in [3.63, 3.8) is 0 Å². The van der Waals surface area contributed by atoms with E-state index in [1.165, 1.54) is 0 Å². The molecule has 2 N–H and O–H groups in total. The van der Waals surface area contributed by atoms with E-state index in [1.807, 2.05) is 36.4 Å². The average molecular weight is 342 g/mol. The van der Waals surface area contributed by atoms with Gasteiger partial charge in [0, 0.05) is 11.2 Å². The van der Waals surface area contributed by atoms with Crippen LogP contribution in [0.2, 0.25) is 5.02 Å². The Morgan fingerprint density at radius 2 is 2.08 bits per heavy atom. The Balaban J connectivity index is 1.76. The molecule has 1 unspecified atom stereocenters. The van der Waals surface area contributed by atoms with Crippen molar-refractivity contribution in [1.82, 2.24) is 15.6 Å². The largest absolute Gasteiger partial charge is 0.467 e. The lowest BCUT2D eigenvalue weighted by Crippen LogP contribution is -2.38. The van der Waals surface area contributed by atoms with E-state index in [2.05, 4.69) is 15.6 Å². The van der Waals surface area contributed by atoms with Crippen LogP contribution in [0.15, 0.2) is 71.5 Å². The van der Waals surface area contributed by atoms with Crippen LogP contribution in [-0.4, -0.2) is 11.0 Å². The minimum atomic E-state index is -0.401. The van der Waals surface area contributed by atoms with E-state index in [0.717, 1.165) is 11.3 Å². The SMILES string of the molecule is O=C(NCc1ccco1)NC(c1cccc(Cl)c1)c1ccccn1. The van der Waals surface area contributed by atoms with Gasteiger partial charge in [0.1, 0.15) is 5.76 Å². The molecule has 0 spiro atoms. The number of rotatable bonds is 5. The molecule has 1 aromatic carbocycles. The van der Waals surface area contributed by atoms with Crippen molar-refractivity contribution in [3.05, 3.63) is 89.1 Å². The van der Waals surface area contributed by atoms with Gasteiger partial charge in [0.25, 0.3) is 0 Å². The van der Waals surface area contributed by atoms with E-state index >= 15 is 0 Å². The average Bonchev–Trinajstić information content (AvgIpc) is 3.12. The van der Waals surface area contributed by atoms with E-state index in [9.17, 15) is 4.79 Å². The van der Waals surface area contributed by atoms with E-state index < -0.39 is 6.04 Å². The maximum absolute atomic E-state index is 12.3. The Labute approximate surface area is 144 Å². The topological polar surface area (TPSA) is 67.2 Å². The van der Waals surface area contributed by atoms with Crippen LogP contribution < -0.4 is 10.6 Å². The summed E-state index contributed by atoms with van der Waals surface area (Å²) in [6, 6.07) is 15.8. The second kappa shape index (κ2) is 7.66. The first-order chi connectivity index (χ1) is 11.7. The molecule has 1 atom stereocenters. The molecular formula is C18H16ClN3O2. The van der Waals surface area contributed by atoms with Gasteiger partial charge in [-0.1, -0.05) is 29.8 Å². The fraction of sp³-hybridized carbons (Fsp3) is 0.111. The summed E-state index contributed by atoms with van der Waals surface area (Å²) in [5.41, 5.74) is 1.59. The number of halogens is 1. The van der Waals surface area contributed by atoms with Gasteiger partial charge in [-0.3, -0.25) is 4.98 Å². The smallest absolute Gasteiger partial charge is 0.315 e. The molecule has 3 rings (SSSR count). The first-order valence-corrected chi connectivity index (χ1v) is 7.83. The molecule has 0 aliphatic carbocycles. The minimum Gasteiger partial charge on any atom is -0.467 e. The van der Waals surface area contributed by atoms with Crippen molar-refractivity contribution >= 4 is 17.6 Å². The van der Waals surface area contributed by atoms with Gasteiger partial charge in [-0.25, -0.2) is 4.79 Å². The number of aromatic nitrogens is 1. The van der Waals surface area contributed by atoms with Gasteiger partial charge >= 0.3 is 6.03 Å². The summed E-state index contributed by atoms with van der Waals surface area (Å²) in [5, 5.41) is 6.29. The van der Waals surface area contributed by atoms with Gasteiger partial charge in [0.2, 0.25) is 0 Å². The lowest BCUT2D eigenvalue weighted by atomic mass is 10.0. The highest BCUT2D eigenvalue weighted by Gasteiger charge is 2.18. The molecule has 3 aromatic rings. The van der Waals surface area contributed by atoms with Gasteiger partial charge in [-0.2, -0.15) is 0 Å². The maximum Gasteiger partial charge on any atom is 0.315 e. The number of furan rings is 1. The van der Waals surface area contributed by atoms with Crippen LogP contribution in [0.1, 0.15) is 23.1 Å². The number of carbonyl (C=O) groups is 1. The lowest BCUT2D eigenvalue weighted by molar-refractivity contribution is 0.237. The molecule has 122 valence electrons. The number of hydrogen-bond donors (Lipinski definition) is 2. The van der Waals surface area contributed by atoms with Crippen molar-refractivity contribution in [2.75, 3.05) is 0 Å². The fourth-order valence-electron chi connectivity index (χ4n) is 2.32. The summed E-state index contributed by atoms with van der Waals surface area (Å²) in [5.74, 6) is 0.683. The second-order valence-electron chi connectivity index (χ2n) is 5.15. The summed E-state index contributed by atoms with van der Waals surface area (Å²) >= 11 is 6.08. The van der Waals surface area contributed by atoms with E-state index in [4.69, 9.17) is 16.0 Å². The van der Waals surface area contributed by atoms with Gasteiger partial charge in [0.05, 0.1) is 24.5 Å². The molecule has 6 heteroatoms. The summed E-state index contributed by atoms with van der Waals surface area (Å²) < 4.78 is 5.20. The number of carbonyl (C=O) groups excluding carboxylic acids is 1. The minimum absolute atomic E-state index is 0.309. The van der Waals surface area contributed by atoms with Crippen molar-refractivity contribution in [2.45, 2.75) is 12.6 Å². The normalized spacial score (nSPS) is 11.7. The zero-order valence-electron chi connectivity index (χ0n) is 12.8. The predicted molar refractivity (Wildman–Crippen MR) is 91.6 cm³/mol. The van der Waals surface area contributed by atoms with E-state index in [0.29, 0.717) is 17.3 Å². The first-order valence-electron chi connectivity index (χ1n) is 7.45. The molecule has 24 heavy (non-hydrogen) atoms. The van der Waals surface area contributed by atoms with Gasteiger partial charge in [-0.05, 0) is 42.0 Å². The molecule has 0 fully saturated rings. The molecule has 2 heterocycles. The zero-order valence-corrected chi connectivity index (χ0v) is 13.5. The van der Waals surface area contributed by atoms with Crippen molar-refractivity contribution in [3.8, 4) is 0 Å². The number of nitrogens with zero attached hydrogens (tertiary/aromatic N) is 1. The second-order valence-corrected chi connectivity index (χ2v) is 5.59. The quantitative estimate of drug-likeness (QED) is 0.739. The van der Waals surface area contributed by atoms with Gasteiger partial charge in [0.15, 0.2) is 0 Å². The third-order valence-electron chi connectivity index (χ3n) is 3.44. The molecule has 2 aromatic heterocycles. The molecule has 2 amide bonds. The standard InChI is InChI=1S/C18H16ClN3O2/c19-14-6-3-5-13(11-14)17(16-8-1-2-9-20-16)22-18(23)21-12-15-7-4-10-24-15/h1-11,17H,12H2,(H2,21,22,23). The van der Waals surface area contributed by atoms with Crippen molar-refractivity contribution in [1.29, 1.82) is 0 Å². The molecule has 0 aliphatic rings. The summed E-state index contributed by atoms with van der Waals surface area (Å²) in [7, 11) is 0. The van der Waals surface area contributed by atoms with Crippen LogP contribution in [0.5, 0.6) is 0 Å². The summed E-state index contributed by atoms with van der Waals surface area (Å²) in [6.45, 7) is 0.309. The third kappa shape index (κ3) is 4.14. The highest BCUT2D eigenvalue weighted by atomic mass is 35.5. The molecule has 0 radical (unpaired) electrons. The molecule has 0 saturated carbocycles. The Morgan fingerprint density at radius 1 is 1.17 bits per heavy atom. The highest BCUT2D eigenvalue weighted by Crippen LogP contribution is 2.23. The Morgan fingerprint density at radius 3 is 2.79 bits per heavy atom. The number of hydrogen-bond acceptors (Lipinski definition) is 3. The third-order valence-corrected chi connectivity index (χ3v) is 3.68. The van der Waals surface area contributed by atoms with E-state index in [-0.39, 0.29) is 6.03 Å². The van der Waals surface area contributed by atoms with Gasteiger partial charge in [-0.15, -0.1) is 0 Å². The highest BCUT2D eigenvalue weighted by molar-refractivity contribution is 6.30. The van der Waals surface area contributed by atoms with Crippen LogP contribution >= 0.6 is 11.6 Å². The Bertz CT molecular complexity index is 791. The monoisotopic (exact) mass is 341 g/mol. The zero-order chi connectivity index (χ0) is 16.8. The van der Waals surface area contributed by atoms with E-state index in [1.54, 1.807) is 30.7 Å². The molecular weight excluding hydrogens is 326 g/mol. The Hall–Kier alpha value is -2.79.